The van der Waals surface area contributed by atoms with Gasteiger partial charge in [-0.15, -0.1) is 0 Å². The van der Waals surface area contributed by atoms with Crippen LogP contribution in [0.2, 0.25) is 0 Å². The molecule has 100 valence electrons. The molecule has 2 heterocycles. The molecule has 1 fully saturated rings. The molecule has 5 heteroatoms. The van der Waals surface area contributed by atoms with E-state index in [0.29, 0.717) is 23.7 Å². The number of aromatic nitrogens is 1. The fourth-order valence-corrected chi connectivity index (χ4v) is 3.17. The first kappa shape index (κ1) is 13.9. The van der Waals surface area contributed by atoms with Crippen LogP contribution in [0, 0.1) is 17.8 Å². The van der Waals surface area contributed by atoms with Crippen LogP contribution in [-0.2, 0) is 0 Å². The first-order valence-electron chi connectivity index (χ1n) is 6.22. The van der Waals surface area contributed by atoms with Crippen LogP contribution < -0.4 is 5.32 Å². The Kier molecular flexibility index (Phi) is 5.25. The number of carbonyl (C=O) groups is 1. The summed E-state index contributed by atoms with van der Waals surface area (Å²) >= 11 is 1.93. The van der Waals surface area contributed by atoms with Crippen LogP contribution in [0.4, 0.5) is 0 Å². The Labute approximate surface area is 117 Å². The lowest BCUT2D eigenvalue weighted by Gasteiger charge is -2.10. The highest BCUT2D eigenvalue weighted by Gasteiger charge is 2.18. The summed E-state index contributed by atoms with van der Waals surface area (Å²) in [6.07, 6.45) is 2.73. The Morgan fingerprint density at radius 3 is 3.26 bits per heavy atom. The van der Waals surface area contributed by atoms with Crippen molar-refractivity contribution in [3.8, 4) is 11.8 Å². The van der Waals surface area contributed by atoms with Crippen LogP contribution in [0.3, 0.4) is 0 Å². The number of aliphatic hydroxyl groups is 1. The standard InChI is InChI=1S/C14H16N2O2S/c17-7-2-4-12-3-1-6-15-13(12)14(18)16-9-11-5-8-19-10-11/h1,3,6,11,17H,5,7-10H2,(H,16,18). The first-order valence-corrected chi connectivity index (χ1v) is 7.37. The minimum atomic E-state index is -0.227. The number of aliphatic hydroxyl groups excluding tert-OH is 1. The lowest BCUT2D eigenvalue weighted by molar-refractivity contribution is 0.0943. The van der Waals surface area contributed by atoms with Gasteiger partial charge in [-0.25, -0.2) is 4.98 Å². The summed E-state index contributed by atoms with van der Waals surface area (Å²) in [5.74, 6) is 7.94. The van der Waals surface area contributed by atoms with Crippen LogP contribution in [0.15, 0.2) is 18.3 Å². The van der Waals surface area contributed by atoms with Crippen LogP contribution >= 0.6 is 11.8 Å². The van der Waals surface area contributed by atoms with Gasteiger partial charge in [0.15, 0.2) is 0 Å². The van der Waals surface area contributed by atoms with Crippen molar-refractivity contribution in [3.05, 3.63) is 29.6 Å². The number of thioether (sulfide) groups is 1. The molecule has 0 aliphatic carbocycles. The number of rotatable bonds is 3. The molecule has 2 N–H and O–H groups in total. The minimum absolute atomic E-state index is 0.195. The van der Waals surface area contributed by atoms with E-state index < -0.39 is 0 Å². The van der Waals surface area contributed by atoms with Crippen molar-refractivity contribution in [2.24, 2.45) is 5.92 Å². The van der Waals surface area contributed by atoms with Gasteiger partial charge in [-0.1, -0.05) is 11.8 Å². The maximum Gasteiger partial charge on any atom is 0.271 e. The van der Waals surface area contributed by atoms with Gasteiger partial charge < -0.3 is 10.4 Å². The minimum Gasteiger partial charge on any atom is -0.384 e. The molecule has 0 saturated carbocycles. The summed E-state index contributed by atoms with van der Waals surface area (Å²) < 4.78 is 0. The van der Waals surface area contributed by atoms with Gasteiger partial charge in [-0.05, 0) is 36.0 Å². The van der Waals surface area contributed by atoms with E-state index in [1.54, 1.807) is 18.3 Å². The fourth-order valence-electron chi connectivity index (χ4n) is 1.89. The van der Waals surface area contributed by atoms with E-state index in [4.69, 9.17) is 5.11 Å². The number of hydrogen-bond acceptors (Lipinski definition) is 4. The van der Waals surface area contributed by atoms with E-state index in [1.165, 1.54) is 5.75 Å². The van der Waals surface area contributed by atoms with Crippen molar-refractivity contribution < 1.29 is 9.90 Å². The predicted molar refractivity (Wildman–Crippen MR) is 76.0 cm³/mol. The highest BCUT2D eigenvalue weighted by Crippen LogP contribution is 2.22. The van der Waals surface area contributed by atoms with Crippen molar-refractivity contribution in [2.75, 3.05) is 24.7 Å². The van der Waals surface area contributed by atoms with E-state index in [2.05, 4.69) is 22.1 Å². The van der Waals surface area contributed by atoms with E-state index >= 15 is 0 Å². The number of nitrogens with zero attached hydrogens (tertiary/aromatic N) is 1. The summed E-state index contributed by atoms with van der Waals surface area (Å²) in [4.78, 5) is 16.2. The zero-order valence-corrected chi connectivity index (χ0v) is 11.4. The smallest absolute Gasteiger partial charge is 0.271 e. The van der Waals surface area contributed by atoms with Gasteiger partial charge in [0.05, 0.1) is 5.56 Å². The zero-order valence-electron chi connectivity index (χ0n) is 10.6. The second kappa shape index (κ2) is 7.17. The molecule has 1 aromatic heterocycles. The van der Waals surface area contributed by atoms with Gasteiger partial charge >= 0.3 is 0 Å². The fraction of sp³-hybridized carbons (Fsp3) is 0.429. The average molecular weight is 276 g/mol. The van der Waals surface area contributed by atoms with Gasteiger partial charge in [-0.3, -0.25) is 4.79 Å². The third kappa shape index (κ3) is 3.98. The first-order chi connectivity index (χ1) is 9.31. The Balaban J connectivity index is 2.01. The van der Waals surface area contributed by atoms with Crippen molar-refractivity contribution in [2.45, 2.75) is 6.42 Å². The molecule has 1 amide bonds. The number of nitrogens with one attached hydrogen (secondary N) is 1. The van der Waals surface area contributed by atoms with E-state index in [9.17, 15) is 4.79 Å². The molecular formula is C14H16N2O2S. The topological polar surface area (TPSA) is 62.2 Å². The van der Waals surface area contributed by atoms with Crippen LogP contribution in [0.25, 0.3) is 0 Å². The third-order valence-corrected chi connectivity index (χ3v) is 4.13. The normalized spacial score (nSPS) is 17.6. The molecule has 2 rings (SSSR count). The second-order valence-electron chi connectivity index (χ2n) is 4.30. The summed E-state index contributed by atoms with van der Waals surface area (Å²) in [6, 6.07) is 3.46. The number of carbonyl (C=O) groups excluding carboxylic acids is 1. The molecule has 4 nitrogen and oxygen atoms in total. The molecule has 0 aromatic carbocycles. The molecule has 0 spiro atoms. The lowest BCUT2D eigenvalue weighted by Crippen LogP contribution is -2.30. The molecule has 1 aliphatic heterocycles. The summed E-state index contributed by atoms with van der Waals surface area (Å²) in [5.41, 5.74) is 0.879. The lowest BCUT2D eigenvalue weighted by atomic mass is 10.1. The Morgan fingerprint density at radius 1 is 1.63 bits per heavy atom. The molecule has 19 heavy (non-hydrogen) atoms. The molecule has 1 aromatic rings. The maximum atomic E-state index is 12.1. The number of amides is 1. The zero-order chi connectivity index (χ0) is 13.5. The Morgan fingerprint density at radius 2 is 2.53 bits per heavy atom. The van der Waals surface area contributed by atoms with Gasteiger partial charge in [-0.2, -0.15) is 11.8 Å². The molecule has 1 unspecified atom stereocenters. The van der Waals surface area contributed by atoms with Crippen molar-refractivity contribution in [3.63, 3.8) is 0 Å². The largest absolute Gasteiger partial charge is 0.384 e. The van der Waals surface area contributed by atoms with Gasteiger partial charge in [0.25, 0.3) is 5.91 Å². The van der Waals surface area contributed by atoms with Gasteiger partial charge in [0.1, 0.15) is 12.3 Å². The van der Waals surface area contributed by atoms with Crippen molar-refractivity contribution in [1.29, 1.82) is 0 Å². The quantitative estimate of drug-likeness (QED) is 0.806. The highest BCUT2D eigenvalue weighted by atomic mass is 32.2. The van der Waals surface area contributed by atoms with E-state index in [1.807, 2.05) is 11.8 Å². The molecule has 1 atom stereocenters. The van der Waals surface area contributed by atoms with Crippen LogP contribution in [-0.4, -0.2) is 40.7 Å². The third-order valence-electron chi connectivity index (χ3n) is 2.90. The molecular weight excluding hydrogens is 260 g/mol. The monoisotopic (exact) mass is 276 g/mol. The van der Waals surface area contributed by atoms with Gasteiger partial charge in [0, 0.05) is 12.7 Å². The SMILES string of the molecule is O=C(NCC1CCSC1)c1ncccc1C#CCO. The second-order valence-corrected chi connectivity index (χ2v) is 5.45. The molecule has 0 bridgehead atoms. The maximum absolute atomic E-state index is 12.1. The summed E-state index contributed by atoms with van der Waals surface area (Å²) in [5, 5.41) is 11.6. The van der Waals surface area contributed by atoms with Crippen LogP contribution in [0.5, 0.6) is 0 Å². The summed E-state index contributed by atoms with van der Waals surface area (Å²) in [6.45, 7) is 0.463. The Bertz CT molecular complexity index is 502. The molecule has 1 saturated heterocycles. The Hall–Kier alpha value is -1.51. The average Bonchev–Trinajstić information content (AvgIpc) is 2.96. The van der Waals surface area contributed by atoms with E-state index in [-0.39, 0.29) is 12.5 Å². The van der Waals surface area contributed by atoms with Crippen molar-refractivity contribution in [1.82, 2.24) is 10.3 Å². The number of hydrogen-bond donors (Lipinski definition) is 2. The van der Waals surface area contributed by atoms with Gasteiger partial charge in [0.2, 0.25) is 0 Å². The highest BCUT2D eigenvalue weighted by molar-refractivity contribution is 7.99. The number of pyridine rings is 1. The predicted octanol–water partition coefficient (Wildman–Crippen LogP) is 0.908. The molecule has 0 radical (unpaired) electrons. The van der Waals surface area contributed by atoms with Crippen LogP contribution in [0.1, 0.15) is 22.5 Å². The summed E-state index contributed by atoms with van der Waals surface area (Å²) in [7, 11) is 0. The van der Waals surface area contributed by atoms with E-state index in [0.717, 1.165) is 12.2 Å². The van der Waals surface area contributed by atoms with Crippen molar-refractivity contribution >= 4 is 17.7 Å². The molecule has 1 aliphatic rings.